The van der Waals surface area contributed by atoms with Gasteiger partial charge in [-0.2, -0.15) is 5.26 Å². The molecule has 1 aromatic heterocycles. The maximum absolute atomic E-state index is 12.6. The molecule has 1 aromatic carbocycles. The average Bonchev–Trinajstić information content (AvgIpc) is 2.55. The van der Waals surface area contributed by atoms with Crippen molar-refractivity contribution < 1.29 is 8.42 Å². The third-order valence-electron chi connectivity index (χ3n) is 3.04. The van der Waals surface area contributed by atoms with E-state index in [0.29, 0.717) is 11.4 Å². The number of nitrogens with zero attached hydrogens (tertiary/aromatic N) is 3. The maximum atomic E-state index is 12.6. The third kappa shape index (κ3) is 4.06. The maximum Gasteiger partial charge on any atom is 0.200 e. The summed E-state index contributed by atoms with van der Waals surface area (Å²) in [6, 6.07) is 9.52. The van der Waals surface area contributed by atoms with Gasteiger partial charge in [0.25, 0.3) is 0 Å². The summed E-state index contributed by atoms with van der Waals surface area (Å²) in [5.41, 5.74) is 1.10. The molecule has 23 heavy (non-hydrogen) atoms. The van der Waals surface area contributed by atoms with Crippen molar-refractivity contribution in [3.05, 3.63) is 52.6 Å². The summed E-state index contributed by atoms with van der Waals surface area (Å²) in [6.45, 7) is 7.40. The predicted molar refractivity (Wildman–Crippen MR) is 89.8 cm³/mol. The van der Waals surface area contributed by atoms with Gasteiger partial charge >= 0.3 is 0 Å². The SMILES string of the molecule is CC.Cc1nc(Cl)c(C(C#N)S(=O)(=O)c2ccccc2)nc1C. The molecule has 1 unspecified atom stereocenters. The summed E-state index contributed by atoms with van der Waals surface area (Å²) < 4.78 is 25.1. The van der Waals surface area contributed by atoms with Crippen molar-refractivity contribution in [2.45, 2.75) is 37.8 Å². The molecule has 0 radical (unpaired) electrons. The molecule has 0 amide bonds. The average molecular weight is 352 g/mol. The highest BCUT2D eigenvalue weighted by atomic mass is 35.5. The van der Waals surface area contributed by atoms with E-state index in [0.717, 1.165) is 0 Å². The summed E-state index contributed by atoms with van der Waals surface area (Å²) >= 11 is 5.98. The number of hydrogen-bond acceptors (Lipinski definition) is 5. The smallest absolute Gasteiger partial charge is 0.200 e. The molecule has 0 bridgehead atoms. The van der Waals surface area contributed by atoms with Crippen LogP contribution in [0.2, 0.25) is 5.15 Å². The Balaban J connectivity index is 0.00000127. The largest absolute Gasteiger partial charge is 0.251 e. The Bertz CT molecular complexity index is 815. The fraction of sp³-hybridized carbons (Fsp3) is 0.312. The first-order valence-electron chi connectivity index (χ1n) is 7.07. The Kier molecular flexibility index (Phi) is 6.67. The van der Waals surface area contributed by atoms with Crippen LogP contribution in [-0.2, 0) is 9.84 Å². The molecule has 0 aliphatic rings. The number of aromatic nitrogens is 2. The van der Waals surface area contributed by atoms with E-state index in [1.807, 2.05) is 13.8 Å². The Morgan fingerprint density at radius 2 is 1.61 bits per heavy atom. The molecule has 5 nitrogen and oxygen atoms in total. The fourth-order valence-corrected chi connectivity index (χ4v) is 3.53. The molecule has 1 atom stereocenters. The molecule has 0 aliphatic heterocycles. The van der Waals surface area contributed by atoms with Crippen molar-refractivity contribution in [3.63, 3.8) is 0 Å². The lowest BCUT2D eigenvalue weighted by molar-refractivity contribution is 0.590. The lowest BCUT2D eigenvalue weighted by atomic mass is 10.3. The number of rotatable bonds is 3. The normalized spacial score (nSPS) is 11.8. The van der Waals surface area contributed by atoms with Crippen LogP contribution in [0.15, 0.2) is 35.2 Å². The second-order valence-electron chi connectivity index (χ2n) is 4.44. The zero-order valence-electron chi connectivity index (χ0n) is 13.4. The lowest BCUT2D eigenvalue weighted by Crippen LogP contribution is -2.15. The van der Waals surface area contributed by atoms with Gasteiger partial charge in [0.1, 0.15) is 5.69 Å². The van der Waals surface area contributed by atoms with E-state index < -0.39 is 15.1 Å². The van der Waals surface area contributed by atoms with Crippen LogP contribution in [0, 0.1) is 25.2 Å². The topological polar surface area (TPSA) is 83.7 Å². The van der Waals surface area contributed by atoms with Gasteiger partial charge in [-0.25, -0.2) is 13.4 Å². The molecule has 1 heterocycles. The van der Waals surface area contributed by atoms with Gasteiger partial charge in [-0.15, -0.1) is 0 Å². The Morgan fingerprint density at radius 3 is 2.13 bits per heavy atom. The van der Waals surface area contributed by atoms with Gasteiger partial charge in [0, 0.05) is 0 Å². The minimum absolute atomic E-state index is 0.0360. The van der Waals surface area contributed by atoms with Crippen molar-refractivity contribution in [3.8, 4) is 6.07 Å². The Morgan fingerprint density at radius 1 is 1.09 bits per heavy atom. The van der Waals surface area contributed by atoms with Crippen molar-refractivity contribution >= 4 is 21.4 Å². The molecule has 0 aliphatic carbocycles. The van der Waals surface area contributed by atoms with Crippen molar-refractivity contribution in [1.29, 1.82) is 5.26 Å². The summed E-state index contributed by atoms with van der Waals surface area (Å²) in [6.07, 6.45) is 0. The second-order valence-corrected chi connectivity index (χ2v) is 6.83. The lowest BCUT2D eigenvalue weighted by Gasteiger charge is -2.13. The first kappa shape index (κ1) is 19.1. The number of halogens is 1. The molecule has 122 valence electrons. The van der Waals surface area contributed by atoms with Crippen LogP contribution < -0.4 is 0 Å². The van der Waals surface area contributed by atoms with E-state index in [2.05, 4.69) is 9.97 Å². The van der Waals surface area contributed by atoms with Crippen LogP contribution in [0.1, 0.15) is 36.2 Å². The van der Waals surface area contributed by atoms with Crippen LogP contribution in [0.3, 0.4) is 0 Å². The number of sulfone groups is 1. The van der Waals surface area contributed by atoms with Gasteiger partial charge in [-0.3, -0.25) is 4.98 Å². The number of nitriles is 1. The standard InChI is InChI=1S/C14H12ClN3O2S.C2H6/c1-9-10(2)18-14(15)13(17-9)12(8-16)21(19,20)11-6-4-3-5-7-11;1-2/h3-7,12H,1-2H3;1-2H3. The molecule has 7 heteroatoms. The van der Waals surface area contributed by atoms with Gasteiger partial charge < -0.3 is 0 Å². The number of benzene rings is 1. The van der Waals surface area contributed by atoms with E-state index >= 15 is 0 Å². The monoisotopic (exact) mass is 351 g/mol. The molecule has 0 spiro atoms. The molecule has 0 saturated carbocycles. The van der Waals surface area contributed by atoms with Gasteiger partial charge in [-0.1, -0.05) is 43.6 Å². The minimum atomic E-state index is -3.90. The molecular formula is C16H18ClN3O2S. The minimum Gasteiger partial charge on any atom is -0.251 e. The van der Waals surface area contributed by atoms with Gasteiger partial charge in [0.15, 0.2) is 10.4 Å². The first-order chi connectivity index (χ1) is 10.9. The molecule has 2 rings (SSSR count). The second kappa shape index (κ2) is 8.04. The predicted octanol–water partition coefficient (Wildman–Crippen LogP) is 3.81. The van der Waals surface area contributed by atoms with Crippen LogP contribution in [0.5, 0.6) is 0 Å². The summed E-state index contributed by atoms with van der Waals surface area (Å²) in [4.78, 5) is 8.22. The zero-order valence-corrected chi connectivity index (χ0v) is 15.0. The first-order valence-corrected chi connectivity index (χ1v) is 8.99. The number of aryl methyl sites for hydroxylation is 2. The zero-order chi connectivity index (χ0) is 17.6. The summed E-state index contributed by atoms with van der Waals surface area (Å²) in [5, 5.41) is 7.75. The van der Waals surface area contributed by atoms with Gasteiger partial charge in [-0.05, 0) is 26.0 Å². The van der Waals surface area contributed by atoms with Crippen LogP contribution in [0.25, 0.3) is 0 Å². The summed E-state index contributed by atoms with van der Waals surface area (Å²) in [7, 11) is -3.90. The van der Waals surface area contributed by atoms with Crippen molar-refractivity contribution in [2.75, 3.05) is 0 Å². The number of hydrogen-bond donors (Lipinski definition) is 0. The van der Waals surface area contributed by atoms with Crippen LogP contribution in [-0.4, -0.2) is 18.4 Å². The van der Waals surface area contributed by atoms with E-state index in [4.69, 9.17) is 11.6 Å². The van der Waals surface area contributed by atoms with E-state index in [1.54, 1.807) is 38.1 Å². The van der Waals surface area contributed by atoms with Crippen molar-refractivity contribution in [2.24, 2.45) is 0 Å². The van der Waals surface area contributed by atoms with E-state index in [1.165, 1.54) is 12.1 Å². The van der Waals surface area contributed by atoms with Gasteiger partial charge in [0.2, 0.25) is 9.84 Å². The highest BCUT2D eigenvalue weighted by Gasteiger charge is 2.33. The molecule has 0 N–H and O–H groups in total. The fourth-order valence-electron chi connectivity index (χ4n) is 1.78. The molecule has 0 saturated heterocycles. The van der Waals surface area contributed by atoms with E-state index in [-0.39, 0.29) is 15.7 Å². The summed E-state index contributed by atoms with van der Waals surface area (Å²) in [5.74, 6) is 0. The van der Waals surface area contributed by atoms with Crippen LogP contribution >= 0.6 is 11.6 Å². The third-order valence-corrected chi connectivity index (χ3v) is 5.19. The van der Waals surface area contributed by atoms with E-state index in [9.17, 15) is 13.7 Å². The Hall–Kier alpha value is -1.97. The molecule has 2 aromatic rings. The van der Waals surface area contributed by atoms with Crippen molar-refractivity contribution in [1.82, 2.24) is 9.97 Å². The quantitative estimate of drug-likeness (QED) is 0.839. The highest BCUT2D eigenvalue weighted by molar-refractivity contribution is 7.92. The van der Waals surface area contributed by atoms with Gasteiger partial charge in [0.05, 0.1) is 22.4 Å². The highest BCUT2D eigenvalue weighted by Crippen LogP contribution is 2.31. The van der Waals surface area contributed by atoms with Crippen LogP contribution in [0.4, 0.5) is 0 Å². The Labute approximate surface area is 141 Å². The molecular weight excluding hydrogens is 334 g/mol. The molecule has 0 fully saturated rings.